The average molecular weight is 371 g/mol. The first-order chi connectivity index (χ1) is 13.1. The summed E-state index contributed by atoms with van der Waals surface area (Å²) in [5.41, 5.74) is 1.98. The number of amides is 1. The van der Waals surface area contributed by atoms with Crippen LogP contribution in [0.5, 0.6) is 0 Å². The molecule has 142 valence electrons. The van der Waals surface area contributed by atoms with E-state index in [1.165, 1.54) is 6.33 Å². The van der Waals surface area contributed by atoms with Crippen LogP contribution in [0.25, 0.3) is 0 Å². The van der Waals surface area contributed by atoms with Crippen LogP contribution in [0.1, 0.15) is 5.56 Å². The van der Waals surface area contributed by atoms with E-state index in [-0.39, 0.29) is 18.3 Å². The van der Waals surface area contributed by atoms with Crippen LogP contribution in [0.4, 0.5) is 27.4 Å². The number of carbonyl (C=O) groups is 1. The van der Waals surface area contributed by atoms with Gasteiger partial charge in [0.25, 0.3) is 0 Å². The van der Waals surface area contributed by atoms with Crippen LogP contribution in [0.3, 0.4) is 0 Å². The molecule has 1 saturated heterocycles. The van der Waals surface area contributed by atoms with Gasteiger partial charge in [0.15, 0.2) is 11.6 Å². The highest BCUT2D eigenvalue weighted by molar-refractivity contribution is 6.03. The molecule has 4 rings (SSSR count). The minimum atomic E-state index is -0.228. The number of carbonyl (C=O) groups excluding carboxylic acids is 1. The fourth-order valence-electron chi connectivity index (χ4n) is 3.39. The molecule has 1 amide bonds. The van der Waals surface area contributed by atoms with Gasteiger partial charge in [0, 0.05) is 39.8 Å². The standard InChI is InChI=1S/C18H22FN7O/c1-25-10-15(27)24-16-17(22-11-23-18(16)25)21-9-12-2-3-14(13(19)8-12)26-6-4-20-5-7-26/h2-3,8,11,20H,4-7,9-10H2,1H3,(H,24,27)(H,21,22,23). The summed E-state index contributed by atoms with van der Waals surface area (Å²) in [6, 6.07) is 5.27. The van der Waals surface area contributed by atoms with E-state index >= 15 is 0 Å². The number of aromatic nitrogens is 2. The maximum Gasteiger partial charge on any atom is 0.244 e. The van der Waals surface area contributed by atoms with Crippen molar-refractivity contribution in [3.63, 3.8) is 0 Å². The summed E-state index contributed by atoms with van der Waals surface area (Å²) in [7, 11) is 1.80. The third kappa shape index (κ3) is 3.63. The van der Waals surface area contributed by atoms with E-state index in [9.17, 15) is 9.18 Å². The molecule has 1 aromatic heterocycles. The minimum absolute atomic E-state index is 0.116. The Labute approximate surface area is 156 Å². The predicted octanol–water partition coefficient (Wildman–Crippen LogP) is 1.03. The highest BCUT2D eigenvalue weighted by atomic mass is 19.1. The Kier molecular flexibility index (Phi) is 4.76. The number of anilines is 4. The van der Waals surface area contributed by atoms with Crippen molar-refractivity contribution < 1.29 is 9.18 Å². The lowest BCUT2D eigenvalue weighted by atomic mass is 10.1. The Morgan fingerprint density at radius 3 is 2.85 bits per heavy atom. The van der Waals surface area contributed by atoms with Gasteiger partial charge >= 0.3 is 0 Å². The smallest absolute Gasteiger partial charge is 0.244 e. The molecule has 2 aliphatic heterocycles. The van der Waals surface area contributed by atoms with Crippen molar-refractivity contribution in [3.05, 3.63) is 35.9 Å². The topological polar surface area (TPSA) is 85.4 Å². The zero-order valence-electron chi connectivity index (χ0n) is 15.1. The molecule has 27 heavy (non-hydrogen) atoms. The fourth-order valence-corrected chi connectivity index (χ4v) is 3.39. The van der Waals surface area contributed by atoms with Crippen LogP contribution in [0.15, 0.2) is 24.5 Å². The average Bonchev–Trinajstić information content (AvgIpc) is 2.67. The zero-order valence-corrected chi connectivity index (χ0v) is 15.1. The van der Waals surface area contributed by atoms with Crippen molar-refractivity contribution in [1.29, 1.82) is 0 Å². The number of nitrogens with zero attached hydrogens (tertiary/aromatic N) is 4. The van der Waals surface area contributed by atoms with E-state index in [1.807, 2.05) is 12.1 Å². The summed E-state index contributed by atoms with van der Waals surface area (Å²) in [4.78, 5) is 24.1. The van der Waals surface area contributed by atoms with Crippen LogP contribution < -0.4 is 25.8 Å². The lowest BCUT2D eigenvalue weighted by Crippen LogP contribution is -2.43. The lowest BCUT2D eigenvalue weighted by molar-refractivity contribution is -0.115. The lowest BCUT2D eigenvalue weighted by Gasteiger charge is -2.30. The second-order valence-electron chi connectivity index (χ2n) is 6.70. The van der Waals surface area contributed by atoms with Crippen molar-refractivity contribution in [1.82, 2.24) is 15.3 Å². The van der Waals surface area contributed by atoms with Gasteiger partial charge in [-0.15, -0.1) is 0 Å². The Morgan fingerprint density at radius 1 is 1.26 bits per heavy atom. The van der Waals surface area contributed by atoms with Gasteiger partial charge in [-0.05, 0) is 17.7 Å². The quantitative estimate of drug-likeness (QED) is 0.740. The zero-order chi connectivity index (χ0) is 18.8. The number of hydrogen-bond donors (Lipinski definition) is 3. The van der Waals surface area contributed by atoms with Crippen molar-refractivity contribution in [3.8, 4) is 0 Å². The van der Waals surface area contributed by atoms with E-state index in [0.29, 0.717) is 29.6 Å². The largest absolute Gasteiger partial charge is 0.367 e. The monoisotopic (exact) mass is 371 g/mol. The molecule has 8 nitrogen and oxygen atoms in total. The second-order valence-corrected chi connectivity index (χ2v) is 6.70. The maximum atomic E-state index is 14.6. The van der Waals surface area contributed by atoms with Crippen LogP contribution in [-0.4, -0.2) is 55.6 Å². The molecule has 2 aliphatic rings. The molecular weight excluding hydrogens is 349 g/mol. The van der Waals surface area contributed by atoms with E-state index < -0.39 is 0 Å². The number of likely N-dealkylation sites (N-methyl/N-ethyl adjacent to an activating group) is 1. The number of rotatable bonds is 4. The Morgan fingerprint density at radius 2 is 2.07 bits per heavy atom. The molecule has 0 aliphatic carbocycles. The highest BCUT2D eigenvalue weighted by Crippen LogP contribution is 2.31. The predicted molar refractivity (Wildman–Crippen MR) is 103 cm³/mol. The summed E-state index contributed by atoms with van der Waals surface area (Å²) >= 11 is 0. The van der Waals surface area contributed by atoms with Gasteiger partial charge in [0.2, 0.25) is 5.91 Å². The molecule has 0 spiro atoms. The summed E-state index contributed by atoms with van der Waals surface area (Å²) < 4.78 is 14.6. The van der Waals surface area contributed by atoms with Gasteiger partial charge in [0.1, 0.15) is 17.8 Å². The normalized spacial score (nSPS) is 16.7. The van der Waals surface area contributed by atoms with E-state index in [1.54, 1.807) is 18.0 Å². The maximum absolute atomic E-state index is 14.6. The number of nitrogens with one attached hydrogen (secondary N) is 3. The van der Waals surface area contributed by atoms with Gasteiger partial charge in [0.05, 0.1) is 12.2 Å². The molecule has 1 fully saturated rings. The van der Waals surface area contributed by atoms with Crippen molar-refractivity contribution >= 4 is 28.9 Å². The molecule has 0 bridgehead atoms. The highest BCUT2D eigenvalue weighted by Gasteiger charge is 2.23. The second kappa shape index (κ2) is 7.36. The summed E-state index contributed by atoms with van der Waals surface area (Å²) in [6.07, 6.45) is 1.45. The van der Waals surface area contributed by atoms with Crippen molar-refractivity contribution in [2.45, 2.75) is 6.54 Å². The Hall–Kier alpha value is -2.94. The van der Waals surface area contributed by atoms with Gasteiger partial charge in [-0.2, -0.15) is 0 Å². The van der Waals surface area contributed by atoms with E-state index in [0.717, 1.165) is 31.7 Å². The van der Waals surface area contributed by atoms with E-state index in [2.05, 4.69) is 30.8 Å². The van der Waals surface area contributed by atoms with Gasteiger partial charge in [-0.25, -0.2) is 14.4 Å². The van der Waals surface area contributed by atoms with Gasteiger partial charge in [-0.3, -0.25) is 4.79 Å². The van der Waals surface area contributed by atoms with E-state index in [4.69, 9.17) is 0 Å². The molecular formula is C18H22FN7O. The molecule has 0 saturated carbocycles. The van der Waals surface area contributed by atoms with Crippen molar-refractivity contribution in [2.75, 3.05) is 60.2 Å². The Balaban J connectivity index is 1.49. The molecule has 1 aromatic carbocycles. The number of piperazine rings is 1. The molecule has 0 radical (unpaired) electrons. The first kappa shape index (κ1) is 17.5. The molecule has 3 heterocycles. The third-order valence-corrected chi connectivity index (χ3v) is 4.76. The molecule has 3 N–H and O–H groups in total. The van der Waals surface area contributed by atoms with Crippen LogP contribution in [0.2, 0.25) is 0 Å². The van der Waals surface area contributed by atoms with Crippen LogP contribution in [0, 0.1) is 5.82 Å². The summed E-state index contributed by atoms with van der Waals surface area (Å²) in [6.45, 7) is 3.97. The summed E-state index contributed by atoms with van der Waals surface area (Å²) in [5, 5.41) is 9.24. The van der Waals surface area contributed by atoms with Crippen molar-refractivity contribution in [2.24, 2.45) is 0 Å². The molecule has 2 aromatic rings. The molecule has 0 atom stereocenters. The fraction of sp³-hybridized carbons (Fsp3) is 0.389. The van der Waals surface area contributed by atoms with Gasteiger partial charge < -0.3 is 25.8 Å². The number of benzene rings is 1. The third-order valence-electron chi connectivity index (χ3n) is 4.76. The molecule has 9 heteroatoms. The minimum Gasteiger partial charge on any atom is -0.367 e. The van der Waals surface area contributed by atoms with Crippen LogP contribution >= 0.6 is 0 Å². The Bertz CT molecular complexity index is 854. The first-order valence-corrected chi connectivity index (χ1v) is 8.96. The molecule has 0 unspecified atom stereocenters. The first-order valence-electron chi connectivity index (χ1n) is 8.96. The van der Waals surface area contributed by atoms with Crippen LogP contribution in [-0.2, 0) is 11.3 Å². The number of fused-ring (bicyclic) bond motifs is 1. The van der Waals surface area contributed by atoms with Gasteiger partial charge in [-0.1, -0.05) is 6.07 Å². The number of hydrogen-bond acceptors (Lipinski definition) is 7. The number of halogens is 1. The summed E-state index contributed by atoms with van der Waals surface area (Å²) in [5.74, 6) is 0.835. The SMILES string of the molecule is CN1CC(=O)Nc2c(NCc3ccc(N4CCNCC4)c(F)c3)ncnc21.